The van der Waals surface area contributed by atoms with Crippen molar-refractivity contribution in [3.05, 3.63) is 66.1 Å². The zero-order valence-corrected chi connectivity index (χ0v) is 20.5. The molecule has 0 radical (unpaired) electrons. The molecule has 0 aliphatic rings. The number of carbonyl (C=O) groups excluding carboxylic acids is 1. The topological polar surface area (TPSA) is 122 Å². The molecule has 0 spiro atoms. The summed E-state index contributed by atoms with van der Waals surface area (Å²) in [5.41, 5.74) is 1.78. The molecule has 1 aromatic heterocycles. The molecule has 0 fully saturated rings. The lowest BCUT2D eigenvalue weighted by Gasteiger charge is -2.22. The molecule has 0 aliphatic heterocycles. The zero-order valence-electron chi connectivity index (χ0n) is 19.6. The molecule has 1 heterocycles. The fourth-order valence-corrected chi connectivity index (χ4v) is 5.10. The van der Waals surface area contributed by atoms with Crippen LogP contribution in [0, 0.1) is 0 Å². The van der Waals surface area contributed by atoms with Gasteiger partial charge in [0.25, 0.3) is 5.89 Å². The Morgan fingerprint density at radius 1 is 1.12 bits per heavy atom. The molecule has 0 amide bonds. The Balaban J connectivity index is 1.79. The molecular weight excluding hydrogens is 454 g/mol. The van der Waals surface area contributed by atoms with Crippen molar-refractivity contribution in [3.8, 4) is 0 Å². The first-order valence-electron chi connectivity index (χ1n) is 11.3. The SMILES string of the molecule is CCC[C@H](NC(O)C(CS(=O)(=O)Cc1ccccc1)=NC(C)C)C(=O)c1nc2ccccc2o1. The van der Waals surface area contributed by atoms with Crippen molar-refractivity contribution in [3.63, 3.8) is 0 Å². The standard InChI is InChI=1S/C25H31N3O5S/c1-4-10-20(23(29)25-28-19-13-8-9-14-22(19)33-25)27-24(30)21(26-17(2)3)16-34(31,32)15-18-11-6-5-7-12-18/h5-9,11-14,17,20,24,27,30H,4,10,15-16H2,1-3H3/t20-,24?/m0/s1. The van der Waals surface area contributed by atoms with Gasteiger partial charge in [0.1, 0.15) is 11.7 Å². The molecule has 8 nitrogen and oxygen atoms in total. The molecule has 3 aromatic rings. The van der Waals surface area contributed by atoms with Crippen LogP contribution in [0.2, 0.25) is 0 Å². The fraction of sp³-hybridized carbons (Fsp3) is 0.400. The number of aromatic nitrogens is 1. The number of aliphatic hydroxyl groups is 1. The van der Waals surface area contributed by atoms with Crippen LogP contribution in [0.1, 0.15) is 49.9 Å². The first-order valence-corrected chi connectivity index (χ1v) is 13.2. The first-order chi connectivity index (χ1) is 16.2. The highest BCUT2D eigenvalue weighted by molar-refractivity contribution is 7.91. The van der Waals surface area contributed by atoms with E-state index in [1.165, 1.54) is 0 Å². The number of aliphatic imine (C=N–C) groups is 1. The van der Waals surface area contributed by atoms with Crippen molar-refractivity contribution in [1.29, 1.82) is 0 Å². The van der Waals surface area contributed by atoms with E-state index in [2.05, 4.69) is 15.3 Å². The summed E-state index contributed by atoms with van der Waals surface area (Å²) < 4.78 is 31.3. The van der Waals surface area contributed by atoms with E-state index in [1.54, 1.807) is 62.4 Å². The van der Waals surface area contributed by atoms with Crippen LogP contribution in [0.15, 0.2) is 64.0 Å². The lowest BCUT2D eigenvalue weighted by Crippen LogP contribution is -2.49. The number of sulfone groups is 1. The predicted octanol–water partition coefficient (Wildman–Crippen LogP) is 3.55. The number of fused-ring (bicyclic) bond motifs is 1. The van der Waals surface area contributed by atoms with Crippen LogP contribution in [0.25, 0.3) is 11.1 Å². The highest BCUT2D eigenvalue weighted by atomic mass is 32.2. The van der Waals surface area contributed by atoms with Gasteiger partial charge in [0, 0.05) is 6.04 Å². The molecule has 0 aliphatic carbocycles. The summed E-state index contributed by atoms with van der Waals surface area (Å²) in [6.07, 6.45) is -0.363. The molecular formula is C25H31N3O5S. The minimum absolute atomic E-state index is 0.0570. The second-order valence-corrected chi connectivity index (χ2v) is 10.6. The molecule has 0 bridgehead atoms. The van der Waals surface area contributed by atoms with Gasteiger partial charge in [-0.05, 0) is 38.0 Å². The van der Waals surface area contributed by atoms with Crippen LogP contribution in [-0.2, 0) is 15.6 Å². The normalized spacial score (nSPS) is 14.4. The minimum atomic E-state index is -3.61. The Kier molecular flexibility index (Phi) is 8.71. The van der Waals surface area contributed by atoms with Gasteiger partial charge in [-0.2, -0.15) is 0 Å². The number of oxazole rings is 1. The summed E-state index contributed by atoms with van der Waals surface area (Å²) in [6.45, 7) is 5.50. The number of hydrogen-bond donors (Lipinski definition) is 2. The van der Waals surface area contributed by atoms with E-state index < -0.39 is 33.6 Å². The van der Waals surface area contributed by atoms with E-state index in [0.717, 1.165) is 0 Å². The van der Waals surface area contributed by atoms with Crippen molar-refractivity contribution in [2.45, 2.75) is 57.7 Å². The molecule has 2 aromatic carbocycles. The number of nitrogens with zero attached hydrogens (tertiary/aromatic N) is 2. The van der Waals surface area contributed by atoms with Gasteiger partial charge in [-0.15, -0.1) is 0 Å². The van der Waals surface area contributed by atoms with Gasteiger partial charge in [0.2, 0.25) is 5.78 Å². The van der Waals surface area contributed by atoms with Crippen molar-refractivity contribution in [2.24, 2.45) is 4.99 Å². The molecule has 182 valence electrons. The van der Waals surface area contributed by atoms with Crippen LogP contribution < -0.4 is 5.32 Å². The highest BCUT2D eigenvalue weighted by Crippen LogP contribution is 2.17. The Labute approximate surface area is 200 Å². The predicted molar refractivity (Wildman–Crippen MR) is 133 cm³/mol. The molecule has 9 heteroatoms. The van der Waals surface area contributed by atoms with Crippen LogP contribution in [0.3, 0.4) is 0 Å². The van der Waals surface area contributed by atoms with E-state index >= 15 is 0 Å². The molecule has 1 unspecified atom stereocenters. The largest absolute Gasteiger partial charge is 0.434 e. The highest BCUT2D eigenvalue weighted by Gasteiger charge is 2.29. The van der Waals surface area contributed by atoms with Gasteiger partial charge in [-0.3, -0.25) is 15.1 Å². The Bertz CT molecular complexity index is 1200. The van der Waals surface area contributed by atoms with E-state index in [0.29, 0.717) is 29.5 Å². The molecule has 2 atom stereocenters. The average molecular weight is 486 g/mol. The number of aliphatic hydroxyl groups excluding tert-OH is 1. The third-order valence-corrected chi connectivity index (χ3v) is 6.60. The van der Waals surface area contributed by atoms with Crippen molar-refractivity contribution < 1.29 is 22.7 Å². The van der Waals surface area contributed by atoms with Gasteiger partial charge < -0.3 is 9.52 Å². The number of para-hydroxylation sites is 2. The van der Waals surface area contributed by atoms with E-state index in [-0.39, 0.29) is 23.4 Å². The van der Waals surface area contributed by atoms with Crippen molar-refractivity contribution in [1.82, 2.24) is 10.3 Å². The average Bonchev–Trinajstić information content (AvgIpc) is 3.22. The number of nitrogens with one attached hydrogen (secondary N) is 1. The maximum atomic E-state index is 13.1. The lowest BCUT2D eigenvalue weighted by molar-refractivity contribution is 0.0858. The van der Waals surface area contributed by atoms with Crippen molar-refractivity contribution in [2.75, 3.05) is 5.75 Å². The number of rotatable bonds is 12. The van der Waals surface area contributed by atoms with E-state index in [4.69, 9.17) is 4.42 Å². The van der Waals surface area contributed by atoms with E-state index in [1.807, 2.05) is 13.0 Å². The van der Waals surface area contributed by atoms with Crippen LogP contribution in [0.5, 0.6) is 0 Å². The molecule has 2 N–H and O–H groups in total. The van der Waals surface area contributed by atoms with Crippen LogP contribution >= 0.6 is 0 Å². The minimum Gasteiger partial charge on any atom is -0.434 e. The molecule has 0 saturated heterocycles. The number of benzene rings is 2. The van der Waals surface area contributed by atoms with Crippen LogP contribution in [0.4, 0.5) is 0 Å². The second kappa shape index (κ2) is 11.5. The summed E-state index contributed by atoms with van der Waals surface area (Å²) in [7, 11) is -3.61. The lowest BCUT2D eigenvalue weighted by atomic mass is 10.1. The number of hydrogen-bond acceptors (Lipinski definition) is 8. The summed E-state index contributed by atoms with van der Waals surface area (Å²) in [4.78, 5) is 21.7. The Hall–Kier alpha value is -2.88. The monoisotopic (exact) mass is 485 g/mol. The smallest absolute Gasteiger partial charge is 0.265 e. The van der Waals surface area contributed by atoms with E-state index in [9.17, 15) is 18.3 Å². The second-order valence-electron chi connectivity index (χ2n) is 8.49. The summed E-state index contributed by atoms with van der Waals surface area (Å²) in [5, 5.41) is 13.8. The van der Waals surface area contributed by atoms with Gasteiger partial charge in [0.15, 0.2) is 15.4 Å². The summed E-state index contributed by atoms with van der Waals surface area (Å²) in [5.74, 6) is -1.06. The molecule has 3 rings (SSSR count). The van der Waals surface area contributed by atoms with Crippen LogP contribution in [-0.4, -0.2) is 54.1 Å². The Morgan fingerprint density at radius 3 is 2.44 bits per heavy atom. The number of Topliss-reactive ketones (excluding diaryl/α,β-unsaturated/α-hetero) is 1. The quantitative estimate of drug-likeness (QED) is 0.228. The number of carbonyl (C=O) groups is 1. The first kappa shape index (κ1) is 25.7. The van der Waals surface area contributed by atoms with Gasteiger partial charge >= 0.3 is 0 Å². The van der Waals surface area contributed by atoms with Crippen molar-refractivity contribution >= 4 is 32.4 Å². The van der Waals surface area contributed by atoms with Gasteiger partial charge in [0.05, 0.1) is 23.3 Å². The maximum absolute atomic E-state index is 13.1. The maximum Gasteiger partial charge on any atom is 0.265 e. The number of ketones is 1. The fourth-order valence-electron chi connectivity index (χ4n) is 3.62. The summed E-state index contributed by atoms with van der Waals surface area (Å²) >= 11 is 0. The molecule has 0 saturated carbocycles. The third kappa shape index (κ3) is 7.06. The van der Waals surface area contributed by atoms with Gasteiger partial charge in [-0.25, -0.2) is 13.4 Å². The Morgan fingerprint density at radius 2 is 1.79 bits per heavy atom. The summed E-state index contributed by atoms with van der Waals surface area (Å²) in [6, 6.07) is 14.8. The molecule has 34 heavy (non-hydrogen) atoms. The van der Waals surface area contributed by atoms with Gasteiger partial charge in [-0.1, -0.05) is 55.8 Å². The third-order valence-electron chi connectivity index (χ3n) is 5.09. The zero-order chi connectivity index (χ0) is 24.7.